The van der Waals surface area contributed by atoms with Crippen LogP contribution in [0.15, 0.2) is 103 Å². The smallest absolute Gasteiger partial charge is 0.145 e. The van der Waals surface area contributed by atoms with Gasteiger partial charge in [-0.15, -0.1) is 0 Å². The van der Waals surface area contributed by atoms with Crippen molar-refractivity contribution in [3.8, 4) is 16.9 Å². The molecule has 3 heteroatoms. The van der Waals surface area contributed by atoms with Crippen molar-refractivity contribution in [2.75, 3.05) is 0 Å². The van der Waals surface area contributed by atoms with Crippen molar-refractivity contribution >= 4 is 32.7 Å². The van der Waals surface area contributed by atoms with Crippen molar-refractivity contribution < 1.29 is 0 Å². The highest BCUT2D eigenvalue weighted by Gasteiger charge is 2.14. The standard InChI is InChI=1S/C26H17N3/c1-2-8-20(9-3-1)29-24-13-12-19(17-23(24)22-11-6-15-28-26(22)29)25-21-10-5-4-7-18(21)14-16-27-25/h1-17H. The summed E-state index contributed by atoms with van der Waals surface area (Å²) in [6.45, 7) is 0. The first-order valence-electron chi connectivity index (χ1n) is 9.69. The van der Waals surface area contributed by atoms with Crippen LogP contribution >= 0.6 is 0 Å². The van der Waals surface area contributed by atoms with E-state index >= 15 is 0 Å². The summed E-state index contributed by atoms with van der Waals surface area (Å²) < 4.78 is 2.23. The van der Waals surface area contributed by atoms with E-state index in [1.54, 1.807) is 0 Å². The molecule has 0 saturated heterocycles. The van der Waals surface area contributed by atoms with Crippen LogP contribution in [0.3, 0.4) is 0 Å². The largest absolute Gasteiger partial charge is 0.294 e. The highest BCUT2D eigenvalue weighted by atomic mass is 15.0. The second kappa shape index (κ2) is 6.28. The van der Waals surface area contributed by atoms with Gasteiger partial charge in [-0.3, -0.25) is 9.55 Å². The number of pyridine rings is 2. The van der Waals surface area contributed by atoms with Crippen LogP contribution in [0.5, 0.6) is 0 Å². The first-order chi connectivity index (χ1) is 14.4. The van der Waals surface area contributed by atoms with Crippen LogP contribution in [0.2, 0.25) is 0 Å². The lowest BCUT2D eigenvalue weighted by Crippen LogP contribution is -1.94. The molecule has 0 radical (unpaired) electrons. The third-order valence-electron chi connectivity index (χ3n) is 5.49. The Kier molecular flexibility index (Phi) is 3.47. The molecular formula is C26H17N3. The lowest BCUT2D eigenvalue weighted by atomic mass is 10.0. The SMILES string of the molecule is c1ccc(-n2c3ccc(-c4nccc5ccccc45)cc3c3cccnc32)cc1. The zero-order chi connectivity index (χ0) is 19.2. The van der Waals surface area contributed by atoms with E-state index in [9.17, 15) is 0 Å². The van der Waals surface area contributed by atoms with Gasteiger partial charge in [0.15, 0.2) is 0 Å². The molecule has 3 aromatic heterocycles. The van der Waals surface area contributed by atoms with Crippen LogP contribution in [0.25, 0.3) is 49.7 Å². The molecule has 3 aromatic carbocycles. The molecule has 0 aliphatic rings. The maximum Gasteiger partial charge on any atom is 0.145 e. The maximum absolute atomic E-state index is 4.71. The number of rotatable bonds is 2. The fourth-order valence-electron chi connectivity index (χ4n) is 4.18. The molecule has 0 aliphatic carbocycles. The summed E-state index contributed by atoms with van der Waals surface area (Å²) in [5.41, 5.74) is 5.35. The molecule has 29 heavy (non-hydrogen) atoms. The van der Waals surface area contributed by atoms with Gasteiger partial charge in [0.2, 0.25) is 0 Å². The van der Waals surface area contributed by atoms with Gasteiger partial charge < -0.3 is 0 Å². The third-order valence-corrected chi connectivity index (χ3v) is 5.49. The van der Waals surface area contributed by atoms with Gasteiger partial charge in [-0.1, -0.05) is 48.5 Å². The highest BCUT2D eigenvalue weighted by molar-refractivity contribution is 6.09. The summed E-state index contributed by atoms with van der Waals surface area (Å²) >= 11 is 0. The number of hydrogen-bond donors (Lipinski definition) is 0. The van der Waals surface area contributed by atoms with Crippen LogP contribution in [0, 0.1) is 0 Å². The van der Waals surface area contributed by atoms with E-state index < -0.39 is 0 Å². The fraction of sp³-hybridized carbons (Fsp3) is 0. The van der Waals surface area contributed by atoms with Crippen molar-refractivity contribution in [1.82, 2.24) is 14.5 Å². The first-order valence-corrected chi connectivity index (χ1v) is 9.69. The van der Waals surface area contributed by atoms with Gasteiger partial charge in [-0.05, 0) is 47.9 Å². The summed E-state index contributed by atoms with van der Waals surface area (Å²) in [7, 11) is 0. The quantitative estimate of drug-likeness (QED) is 0.353. The monoisotopic (exact) mass is 371 g/mol. The van der Waals surface area contributed by atoms with Crippen molar-refractivity contribution in [3.63, 3.8) is 0 Å². The molecule has 0 aliphatic heterocycles. The zero-order valence-electron chi connectivity index (χ0n) is 15.7. The van der Waals surface area contributed by atoms with Crippen molar-refractivity contribution in [3.05, 3.63) is 103 Å². The molecule has 0 unspecified atom stereocenters. The Labute approximate surface area is 167 Å². The Morgan fingerprint density at radius 3 is 2.34 bits per heavy atom. The van der Waals surface area contributed by atoms with E-state index in [-0.39, 0.29) is 0 Å². The number of aromatic nitrogens is 3. The topological polar surface area (TPSA) is 30.7 Å². The van der Waals surface area contributed by atoms with Gasteiger partial charge in [0.25, 0.3) is 0 Å². The van der Waals surface area contributed by atoms with E-state index in [1.165, 1.54) is 16.2 Å². The number of fused-ring (bicyclic) bond motifs is 4. The van der Waals surface area contributed by atoms with Gasteiger partial charge in [0, 0.05) is 39.8 Å². The van der Waals surface area contributed by atoms with E-state index in [0.717, 1.165) is 33.5 Å². The van der Waals surface area contributed by atoms with E-state index in [2.05, 4.69) is 83.4 Å². The van der Waals surface area contributed by atoms with Crippen LogP contribution < -0.4 is 0 Å². The molecule has 0 atom stereocenters. The minimum Gasteiger partial charge on any atom is -0.294 e. The second-order valence-corrected chi connectivity index (χ2v) is 7.16. The Bertz CT molecular complexity index is 1490. The summed E-state index contributed by atoms with van der Waals surface area (Å²) in [6, 6.07) is 31.6. The lowest BCUT2D eigenvalue weighted by molar-refractivity contribution is 1.14. The van der Waals surface area contributed by atoms with Gasteiger partial charge in [-0.25, -0.2) is 4.98 Å². The second-order valence-electron chi connectivity index (χ2n) is 7.16. The number of para-hydroxylation sites is 1. The fourth-order valence-corrected chi connectivity index (χ4v) is 4.18. The van der Waals surface area contributed by atoms with Crippen LogP contribution in [-0.2, 0) is 0 Å². The molecule has 3 heterocycles. The summed E-state index contributed by atoms with van der Waals surface area (Å²) in [5.74, 6) is 0. The van der Waals surface area contributed by atoms with Crippen LogP contribution in [-0.4, -0.2) is 14.5 Å². The van der Waals surface area contributed by atoms with Crippen molar-refractivity contribution in [2.45, 2.75) is 0 Å². The zero-order valence-corrected chi connectivity index (χ0v) is 15.7. The molecule has 0 spiro atoms. The van der Waals surface area contributed by atoms with Crippen molar-refractivity contribution in [1.29, 1.82) is 0 Å². The van der Waals surface area contributed by atoms with E-state index in [0.29, 0.717) is 0 Å². The molecule has 136 valence electrons. The predicted octanol–water partition coefficient (Wildman–Crippen LogP) is 6.39. The van der Waals surface area contributed by atoms with Crippen LogP contribution in [0.1, 0.15) is 0 Å². The van der Waals surface area contributed by atoms with E-state index in [4.69, 9.17) is 9.97 Å². The van der Waals surface area contributed by atoms with Gasteiger partial charge in [-0.2, -0.15) is 0 Å². The molecule has 0 amide bonds. The summed E-state index contributed by atoms with van der Waals surface area (Å²) in [6.07, 6.45) is 3.74. The van der Waals surface area contributed by atoms with E-state index in [1.807, 2.05) is 24.5 Å². The molecule has 0 N–H and O–H groups in total. The van der Waals surface area contributed by atoms with Gasteiger partial charge >= 0.3 is 0 Å². The Morgan fingerprint density at radius 1 is 0.586 bits per heavy atom. The molecule has 3 nitrogen and oxygen atoms in total. The predicted molar refractivity (Wildman–Crippen MR) is 119 cm³/mol. The van der Waals surface area contributed by atoms with Gasteiger partial charge in [0.1, 0.15) is 5.65 Å². The number of hydrogen-bond acceptors (Lipinski definition) is 2. The third kappa shape index (κ3) is 2.44. The maximum atomic E-state index is 4.71. The molecule has 0 saturated carbocycles. The molecule has 0 fully saturated rings. The average molecular weight is 371 g/mol. The first kappa shape index (κ1) is 16.0. The number of nitrogens with zero attached hydrogens (tertiary/aromatic N) is 3. The minimum atomic E-state index is 0.969. The average Bonchev–Trinajstić information content (AvgIpc) is 3.13. The number of benzene rings is 3. The molecular weight excluding hydrogens is 354 g/mol. The Hall–Kier alpha value is -3.98. The Balaban J connectivity index is 1.68. The lowest BCUT2D eigenvalue weighted by Gasteiger charge is -2.08. The minimum absolute atomic E-state index is 0.969. The van der Waals surface area contributed by atoms with Gasteiger partial charge in [0.05, 0.1) is 11.2 Å². The van der Waals surface area contributed by atoms with Crippen LogP contribution in [0.4, 0.5) is 0 Å². The normalized spacial score (nSPS) is 11.4. The summed E-state index contributed by atoms with van der Waals surface area (Å²) in [5, 5.41) is 4.70. The Morgan fingerprint density at radius 2 is 1.41 bits per heavy atom. The summed E-state index contributed by atoms with van der Waals surface area (Å²) in [4.78, 5) is 9.40. The highest BCUT2D eigenvalue weighted by Crippen LogP contribution is 2.35. The molecule has 6 rings (SSSR count). The molecule has 6 aromatic rings. The van der Waals surface area contributed by atoms with Crippen molar-refractivity contribution in [2.24, 2.45) is 0 Å². The molecule has 0 bridgehead atoms.